The topological polar surface area (TPSA) is 39.1 Å². The molecule has 1 aliphatic heterocycles. The van der Waals surface area contributed by atoms with Crippen LogP contribution in [0.5, 0.6) is 0 Å². The van der Waals surface area contributed by atoms with Crippen molar-refractivity contribution in [1.29, 1.82) is 0 Å². The average Bonchev–Trinajstić information content (AvgIpc) is 2.58. The Bertz CT molecular complexity index is 344. The number of fused-ring (bicyclic) bond motifs is 1. The van der Waals surface area contributed by atoms with Crippen LogP contribution >= 0.6 is 0 Å². The Morgan fingerprint density at radius 2 is 2.33 bits per heavy atom. The number of aromatic nitrogens is 2. The van der Waals surface area contributed by atoms with Crippen molar-refractivity contribution in [1.82, 2.24) is 15.1 Å². The maximum Gasteiger partial charge on any atom is 0.0753 e. The fraction of sp³-hybridized carbons (Fsp3) is 0.727. The standard InChI is InChI=1S/C11H19N3O/c1-8(2)14-11(6-12-3)9-7-15-5-4-10(9)13-14/h8,12H,4-7H2,1-3H3. The van der Waals surface area contributed by atoms with Crippen LogP contribution in [0, 0.1) is 0 Å². The first-order valence-electron chi connectivity index (χ1n) is 5.55. The van der Waals surface area contributed by atoms with Crippen LogP contribution in [-0.2, 0) is 24.3 Å². The molecule has 4 nitrogen and oxygen atoms in total. The molecule has 0 saturated carbocycles. The molecule has 0 amide bonds. The molecule has 2 rings (SSSR count). The molecule has 4 heteroatoms. The van der Waals surface area contributed by atoms with Crippen molar-refractivity contribution in [3.05, 3.63) is 17.0 Å². The van der Waals surface area contributed by atoms with E-state index >= 15 is 0 Å². The van der Waals surface area contributed by atoms with Gasteiger partial charge in [0.1, 0.15) is 0 Å². The summed E-state index contributed by atoms with van der Waals surface area (Å²) in [6.45, 7) is 6.72. The second-order valence-corrected chi connectivity index (χ2v) is 4.24. The zero-order chi connectivity index (χ0) is 10.8. The van der Waals surface area contributed by atoms with Gasteiger partial charge in [0.15, 0.2) is 0 Å². The normalized spacial score (nSPS) is 15.7. The quantitative estimate of drug-likeness (QED) is 0.814. The summed E-state index contributed by atoms with van der Waals surface area (Å²) in [5.41, 5.74) is 3.80. The van der Waals surface area contributed by atoms with Gasteiger partial charge < -0.3 is 10.1 Å². The van der Waals surface area contributed by atoms with E-state index in [1.807, 2.05) is 7.05 Å². The van der Waals surface area contributed by atoms with Crippen LogP contribution in [0.15, 0.2) is 0 Å². The fourth-order valence-electron chi connectivity index (χ4n) is 2.05. The van der Waals surface area contributed by atoms with Crippen molar-refractivity contribution >= 4 is 0 Å². The van der Waals surface area contributed by atoms with Gasteiger partial charge in [-0.25, -0.2) is 0 Å². The van der Waals surface area contributed by atoms with Gasteiger partial charge in [0.2, 0.25) is 0 Å². The molecule has 0 unspecified atom stereocenters. The van der Waals surface area contributed by atoms with E-state index in [-0.39, 0.29) is 0 Å². The first-order chi connectivity index (χ1) is 7.24. The molecule has 84 valence electrons. The van der Waals surface area contributed by atoms with E-state index in [1.165, 1.54) is 17.0 Å². The summed E-state index contributed by atoms with van der Waals surface area (Å²) >= 11 is 0. The zero-order valence-electron chi connectivity index (χ0n) is 9.71. The van der Waals surface area contributed by atoms with Gasteiger partial charge in [-0.1, -0.05) is 0 Å². The van der Waals surface area contributed by atoms with E-state index in [2.05, 4.69) is 28.9 Å². The average molecular weight is 209 g/mol. The molecule has 1 aromatic heterocycles. The van der Waals surface area contributed by atoms with Gasteiger partial charge in [-0.05, 0) is 20.9 Å². The third kappa shape index (κ3) is 1.92. The molecule has 2 heterocycles. The molecule has 0 spiro atoms. The SMILES string of the molecule is CNCc1c2c(nn1C(C)C)CCOC2. The van der Waals surface area contributed by atoms with Gasteiger partial charge in [-0.2, -0.15) is 5.10 Å². The number of nitrogens with zero attached hydrogens (tertiary/aromatic N) is 2. The van der Waals surface area contributed by atoms with Gasteiger partial charge in [-0.3, -0.25) is 4.68 Å². The molecule has 0 bridgehead atoms. The Morgan fingerprint density at radius 3 is 3.00 bits per heavy atom. The lowest BCUT2D eigenvalue weighted by molar-refractivity contribution is 0.109. The van der Waals surface area contributed by atoms with Gasteiger partial charge in [-0.15, -0.1) is 0 Å². The molecule has 1 N–H and O–H groups in total. The van der Waals surface area contributed by atoms with Crippen LogP contribution in [0.2, 0.25) is 0 Å². The van der Waals surface area contributed by atoms with Gasteiger partial charge in [0.25, 0.3) is 0 Å². The van der Waals surface area contributed by atoms with Crippen LogP contribution < -0.4 is 5.32 Å². The largest absolute Gasteiger partial charge is 0.376 e. The molecule has 1 aliphatic rings. The van der Waals surface area contributed by atoms with E-state index in [0.717, 1.165) is 26.2 Å². The van der Waals surface area contributed by atoms with Gasteiger partial charge in [0, 0.05) is 24.6 Å². The number of rotatable bonds is 3. The summed E-state index contributed by atoms with van der Waals surface area (Å²) in [6.07, 6.45) is 0.950. The first-order valence-corrected chi connectivity index (χ1v) is 5.55. The van der Waals surface area contributed by atoms with Crippen LogP contribution in [-0.4, -0.2) is 23.4 Å². The Kier molecular flexibility index (Phi) is 3.07. The van der Waals surface area contributed by atoms with E-state index in [4.69, 9.17) is 4.74 Å². The van der Waals surface area contributed by atoms with Crippen LogP contribution in [0.3, 0.4) is 0 Å². The second kappa shape index (κ2) is 4.33. The summed E-state index contributed by atoms with van der Waals surface area (Å²) in [5.74, 6) is 0. The molecule has 0 radical (unpaired) electrons. The summed E-state index contributed by atoms with van der Waals surface area (Å²) in [6, 6.07) is 0.416. The predicted molar refractivity (Wildman–Crippen MR) is 58.7 cm³/mol. The minimum absolute atomic E-state index is 0.416. The monoisotopic (exact) mass is 209 g/mol. The number of ether oxygens (including phenoxy) is 1. The molecule has 0 aromatic carbocycles. The van der Waals surface area contributed by atoms with Crippen LogP contribution in [0.1, 0.15) is 36.8 Å². The summed E-state index contributed by atoms with van der Waals surface area (Å²) in [5, 5.41) is 7.86. The van der Waals surface area contributed by atoms with Crippen molar-refractivity contribution in [3.8, 4) is 0 Å². The third-order valence-electron chi connectivity index (χ3n) is 2.76. The lowest BCUT2D eigenvalue weighted by Gasteiger charge is -2.13. The zero-order valence-corrected chi connectivity index (χ0v) is 9.71. The highest BCUT2D eigenvalue weighted by Gasteiger charge is 2.21. The van der Waals surface area contributed by atoms with Crippen LogP contribution in [0.25, 0.3) is 0 Å². The lowest BCUT2D eigenvalue weighted by Crippen LogP contribution is -2.16. The molecule has 0 fully saturated rings. The highest BCUT2D eigenvalue weighted by molar-refractivity contribution is 5.27. The first kappa shape index (κ1) is 10.6. The fourth-order valence-corrected chi connectivity index (χ4v) is 2.05. The Hall–Kier alpha value is -0.870. The van der Waals surface area contributed by atoms with E-state index in [0.29, 0.717) is 6.04 Å². The summed E-state index contributed by atoms with van der Waals surface area (Å²) in [4.78, 5) is 0. The number of hydrogen-bond donors (Lipinski definition) is 1. The highest BCUT2D eigenvalue weighted by Crippen LogP contribution is 2.22. The predicted octanol–water partition coefficient (Wildman–Crippen LogP) is 1.26. The minimum atomic E-state index is 0.416. The van der Waals surface area contributed by atoms with Crippen molar-refractivity contribution < 1.29 is 4.74 Å². The summed E-state index contributed by atoms with van der Waals surface area (Å²) in [7, 11) is 1.97. The van der Waals surface area contributed by atoms with E-state index in [1.54, 1.807) is 0 Å². The molecular weight excluding hydrogens is 190 g/mol. The third-order valence-corrected chi connectivity index (χ3v) is 2.76. The molecule has 0 aliphatic carbocycles. The molecule has 0 saturated heterocycles. The Morgan fingerprint density at radius 1 is 1.53 bits per heavy atom. The smallest absolute Gasteiger partial charge is 0.0753 e. The summed E-state index contributed by atoms with van der Waals surface area (Å²) < 4.78 is 7.62. The molecular formula is C11H19N3O. The second-order valence-electron chi connectivity index (χ2n) is 4.24. The highest BCUT2D eigenvalue weighted by atomic mass is 16.5. The van der Waals surface area contributed by atoms with E-state index < -0.39 is 0 Å². The van der Waals surface area contributed by atoms with Crippen molar-refractivity contribution in [2.45, 2.75) is 39.5 Å². The molecule has 15 heavy (non-hydrogen) atoms. The van der Waals surface area contributed by atoms with Crippen molar-refractivity contribution in [2.24, 2.45) is 0 Å². The van der Waals surface area contributed by atoms with Gasteiger partial charge in [0.05, 0.1) is 24.6 Å². The maximum absolute atomic E-state index is 5.49. The minimum Gasteiger partial charge on any atom is -0.376 e. The van der Waals surface area contributed by atoms with Crippen molar-refractivity contribution in [3.63, 3.8) is 0 Å². The van der Waals surface area contributed by atoms with Crippen LogP contribution in [0.4, 0.5) is 0 Å². The maximum atomic E-state index is 5.49. The molecule has 1 aromatic rings. The number of hydrogen-bond acceptors (Lipinski definition) is 3. The van der Waals surface area contributed by atoms with E-state index in [9.17, 15) is 0 Å². The van der Waals surface area contributed by atoms with Gasteiger partial charge >= 0.3 is 0 Å². The Balaban J connectivity index is 2.41. The lowest BCUT2D eigenvalue weighted by atomic mass is 10.1. The number of nitrogens with one attached hydrogen (secondary N) is 1. The molecule has 0 atom stereocenters. The Labute approximate surface area is 90.6 Å². The van der Waals surface area contributed by atoms with Crippen molar-refractivity contribution in [2.75, 3.05) is 13.7 Å².